The zero-order chi connectivity index (χ0) is 17.3. The maximum atomic E-state index is 12.5. The number of anilines is 1. The molecule has 2 aromatic rings. The molecule has 1 aromatic heterocycles. The summed E-state index contributed by atoms with van der Waals surface area (Å²) < 4.78 is 6.86. The lowest BCUT2D eigenvalue weighted by Crippen LogP contribution is -2.42. The Morgan fingerprint density at radius 2 is 2.08 bits per heavy atom. The van der Waals surface area contributed by atoms with Crippen molar-refractivity contribution >= 4 is 17.6 Å². The largest absolute Gasteiger partial charge is 0.444 e. The monoisotopic (exact) mass is 330 g/mol. The molecule has 8 nitrogen and oxygen atoms in total. The average molecular weight is 330 g/mol. The van der Waals surface area contributed by atoms with E-state index in [1.165, 1.54) is 9.58 Å². The first kappa shape index (κ1) is 16.0. The van der Waals surface area contributed by atoms with Gasteiger partial charge < -0.3 is 4.74 Å². The SMILES string of the molecule is Cc1nn2c(c1[N+](=O)[O-])N(C(=O)OCc1ccccc1)CC(C)C2. The number of carbonyl (C=O) groups is 1. The van der Waals surface area contributed by atoms with E-state index in [-0.39, 0.29) is 24.0 Å². The van der Waals surface area contributed by atoms with E-state index < -0.39 is 11.0 Å². The van der Waals surface area contributed by atoms with Crippen molar-refractivity contribution < 1.29 is 14.5 Å². The molecule has 24 heavy (non-hydrogen) atoms. The van der Waals surface area contributed by atoms with Crippen LogP contribution in [-0.2, 0) is 17.9 Å². The van der Waals surface area contributed by atoms with Gasteiger partial charge in [0.15, 0.2) is 0 Å². The number of ether oxygens (including phenoxy) is 1. The van der Waals surface area contributed by atoms with Gasteiger partial charge >= 0.3 is 11.8 Å². The van der Waals surface area contributed by atoms with Gasteiger partial charge in [0.05, 0.1) is 4.92 Å². The maximum absolute atomic E-state index is 12.5. The molecule has 0 spiro atoms. The molecule has 8 heteroatoms. The summed E-state index contributed by atoms with van der Waals surface area (Å²) in [5.74, 6) is 0.328. The third-order valence-corrected chi connectivity index (χ3v) is 3.91. The Kier molecular flexibility index (Phi) is 4.20. The van der Waals surface area contributed by atoms with Gasteiger partial charge in [-0.15, -0.1) is 0 Å². The Labute approximate surface area is 138 Å². The topological polar surface area (TPSA) is 90.5 Å². The molecule has 1 aromatic carbocycles. The van der Waals surface area contributed by atoms with Crippen LogP contribution in [0.5, 0.6) is 0 Å². The van der Waals surface area contributed by atoms with Crippen molar-refractivity contribution in [2.75, 3.05) is 11.4 Å². The number of hydrogen-bond acceptors (Lipinski definition) is 5. The van der Waals surface area contributed by atoms with Crippen molar-refractivity contribution in [3.8, 4) is 0 Å². The van der Waals surface area contributed by atoms with Gasteiger partial charge in [0.2, 0.25) is 5.82 Å². The number of rotatable bonds is 3. The zero-order valence-electron chi connectivity index (χ0n) is 13.5. The quantitative estimate of drug-likeness (QED) is 0.637. The van der Waals surface area contributed by atoms with Crippen molar-refractivity contribution in [2.24, 2.45) is 5.92 Å². The van der Waals surface area contributed by atoms with E-state index in [2.05, 4.69) is 5.10 Å². The lowest BCUT2D eigenvalue weighted by Gasteiger charge is -2.30. The van der Waals surface area contributed by atoms with Crippen molar-refractivity contribution in [3.63, 3.8) is 0 Å². The van der Waals surface area contributed by atoms with E-state index in [0.29, 0.717) is 18.8 Å². The molecule has 0 fully saturated rings. The molecule has 1 atom stereocenters. The Bertz CT molecular complexity index is 772. The summed E-state index contributed by atoms with van der Waals surface area (Å²) in [5, 5.41) is 15.6. The minimum absolute atomic E-state index is 0.117. The van der Waals surface area contributed by atoms with Crippen LogP contribution in [0.1, 0.15) is 18.2 Å². The lowest BCUT2D eigenvalue weighted by atomic mass is 10.1. The minimum atomic E-state index is -0.602. The van der Waals surface area contributed by atoms with Crippen LogP contribution in [0.25, 0.3) is 0 Å². The molecule has 0 N–H and O–H groups in total. The second kappa shape index (κ2) is 6.31. The molecule has 0 aliphatic carbocycles. The van der Waals surface area contributed by atoms with Crippen molar-refractivity contribution in [2.45, 2.75) is 27.0 Å². The third kappa shape index (κ3) is 2.94. The summed E-state index contributed by atoms with van der Waals surface area (Å²) >= 11 is 0. The van der Waals surface area contributed by atoms with E-state index in [9.17, 15) is 14.9 Å². The molecule has 0 radical (unpaired) electrons. The first-order valence-corrected chi connectivity index (χ1v) is 7.67. The first-order valence-electron chi connectivity index (χ1n) is 7.67. The molecule has 3 rings (SSSR count). The van der Waals surface area contributed by atoms with Crippen LogP contribution in [0.2, 0.25) is 0 Å². The van der Waals surface area contributed by atoms with Crippen LogP contribution in [0, 0.1) is 23.0 Å². The summed E-state index contributed by atoms with van der Waals surface area (Å²) in [6.45, 7) is 4.54. The van der Waals surface area contributed by atoms with Gasteiger partial charge in [-0.25, -0.2) is 9.48 Å². The Hall–Kier alpha value is -2.90. The van der Waals surface area contributed by atoms with Gasteiger partial charge in [-0.2, -0.15) is 5.10 Å². The number of aryl methyl sites for hydroxylation is 1. The van der Waals surface area contributed by atoms with E-state index >= 15 is 0 Å². The van der Waals surface area contributed by atoms with E-state index in [0.717, 1.165) is 5.56 Å². The molecule has 1 aliphatic heterocycles. The summed E-state index contributed by atoms with van der Waals surface area (Å²) in [4.78, 5) is 24.7. The molecule has 0 saturated carbocycles. The van der Waals surface area contributed by atoms with Crippen LogP contribution in [0.4, 0.5) is 16.3 Å². The maximum Gasteiger partial charge on any atom is 0.416 e. The number of nitrogens with zero attached hydrogens (tertiary/aromatic N) is 4. The highest BCUT2D eigenvalue weighted by Gasteiger charge is 2.37. The number of hydrogen-bond donors (Lipinski definition) is 0. The van der Waals surface area contributed by atoms with Crippen molar-refractivity contribution in [1.29, 1.82) is 0 Å². The molecule has 2 heterocycles. The van der Waals surface area contributed by atoms with Gasteiger partial charge in [0, 0.05) is 13.1 Å². The van der Waals surface area contributed by atoms with Gasteiger partial charge in [-0.05, 0) is 18.4 Å². The number of nitro groups is 1. The fourth-order valence-corrected chi connectivity index (χ4v) is 2.88. The Morgan fingerprint density at radius 1 is 1.38 bits per heavy atom. The molecule has 1 aliphatic rings. The fourth-order valence-electron chi connectivity index (χ4n) is 2.88. The van der Waals surface area contributed by atoms with Gasteiger partial charge in [0.25, 0.3) is 0 Å². The van der Waals surface area contributed by atoms with Crippen molar-refractivity contribution in [1.82, 2.24) is 9.78 Å². The highest BCUT2D eigenvalue weighted by Crippen LogP contribution is 2.35. The smallest absolute Gasteiger partial charge is 0.416 e. The number of carbonyl (C=O) groups excluding carboxylic acids is 1. The highest BCUT2D eigenvalue weighted by atomic mass is 16.6. The number of aromatic nitrogens is 2. The summed E-state index contributed by atoms with van der Waals surface area (Å²) in [5.41, 5.74) is 1.01. The van der Waals surface area contributed by atoms with Crippen LogP contribution in [0.3, 0.4) is 0 Å². The zero-order valence-corrected chi connectivity index (χ0v) is 13.5. The first-order chi connectivity index (χ1) is 11.5. The second-order valence-corrected chi connectivity index (χ2v) is 5.95. The van der Waals surface area contributed by atoms with Crippen LogP contribution < -0.4 is 4.90 Å². The molecule has 126 valence electrons. The summed E-state index contributed by atoms with van der Waals surface area (Å²) in [7, 11) is 0. The summed E-state index contributed by atoms with van der Waals surface area (Å²) in [6, 6.07) is 9.29. The van der Waals surface area contributed by atoms with Crippen LogP contribution >= 0.6 is 0 Å². The lowest BCUT2D eigenvalue weighted by molar-refractivity contribution is -0.384. The van der Waals surface area contributed by atoms with E-state index in [4.69, 9.17) is 4.74 Å². The molecular weight excluding hydrogens is 312 g/mol. The predicted molar refractivity (Wildman–Crippen MR) is 86.8 cm³/mol. The molecular formula is C16H18N4O4. The average Bonchev–Trinajstić information content (AvgIpc) is 2.88. The van der Waals surface area contributed by atoms with Crippen molar-refractivity contribution in [3.05, 3.63) is 51.7 Å². The minimum Gasteiger partial charge on any atom is -0.444 e. The fraction of sp³-hybridized carbons (Fsp3) is 0.375. The highest BCUT2D eigenvalue weighted by molar-refractivity contribution is 5.90. The van der Waals surface area contributed by atoms with E-state index in [1.807, 2.05) is 37.3 Å². The predicted octanol–water partition coefficient (Wildman–Crippen LogP) is 2.89. The standard InChI is InChI=1S/C16H18N4O4/c1-11-8-18(16(21)24-10-13-6-4-3-5-7-13)15-14(20(22)23)12(2)17-19(15)9-11/h3-7,11H,8-10H2,1-2H3. The van der Waals surface area contributed by atoms with Gasteiger partial charge in [0.1, 0.15) is 12.3 Å². The number of amides is 1. The number of benzene rings is 1. The molecule has 1 unspecified atom stereocenters. The normalized spacial score (nSPS) is 16.6. The van der Waals surface area contributed by atoms with Crippen LogP contribution in [0.15, 0.2) is 30.3 Å². The van der Waals surface area contributed by atoms with Gasteiger partial charge in [-0.1, -0.05) is 37.3 Å². The number of fused-ring (bicyclic) bond motifs is 1. The Morgan fingerprint density at radius 3 is 2.75 bits per heavy atom. The molecule has 1 amide bonds. The molecule has 0 bridgehead atoms. The molecule has 0 saturated heterocycles. The van der Waals surface area contributed by atoms with Crippen LogP contribution in [-0.4, -0.2) is 27.3 Å². The van der Waals surface area contributed by atoms with Gasteiger partial charge in [-0.3, -0.25) is 15.0 Å². The Balaban J connectivity index is 1.86. The van der Waals surface area contributed by atoms with E-state index in [1.54, 1.807) is 6.92 Å². The summed E-state index contributed by atoms with van der Waals surface area (Å²) in [6.07, 6.45) is -0.602. The second-order valence-electron chi connectivity index (χ2n) is 5.95. The third-order valence-electron chi connectivity index (χ3n) is 3.91.